The minimum absolute atomic E-state index is 0.142. The zero-order chi connectivity index (χ0) is 13.1. The van der Waals surface area contributed by atoms with Crippen LogP contribution in [0.4, 0.5) is 5.82 Å². The Labute approximate surface area is 106 Å². The van der Waals surface area contributed by atoms with E-state index in [1.165, 1.54) is 12.1 Å². The van der Waals surface area contributed by atoms with Crippen LogP contribution in [0.1, 0.15) is 37.6 Å². The lowest BCUT2D eigenvalue weighted by atomic mass is 9.92. The van der Waals surface area contributed by atoms with Crippen molar-refractivity contribution < 1.29 is 9.90 Å². The third kappa shape index (κ3) is 5.04. The summed E-state index contributed by atoms with van der Waals surface area (Å²) in [6.07, 6.45) is 0.962. The van der Waals surface area contributed by atoms with Crippen molar-refractivity contribution in [1.82, 2.24) is 4.98 Å². The molecule has 1 heterocycles. The van der Waals surface area contributed by atoms with E-state index in [2.05, 4.69) is 31.1 Å². The predicted octanol–water partition coefficient (Wildman–Crippen LogP) is 3.28. The summed E-state index contributed by atoms with van der Waals surface area (Å²) in [5, 5.41) is 12.1. The third-order valence-electron chi connectivity index (χ3n) is 2.22. The molecule has 1 rings (SSSR count). The topological polar surface area (TPSA) is 62.2 Å². The maximum atomic E-state index is 10.8. The second-order valence-corrected chi connectivity index (χ2v) is 5.49. The number of hydrogen-bond donors (Lipinski definition) is 2. The number of nitrogens with one attached hydrogen (secondary N) is 1. The quantitative estimate of drug-likeness (QED) is 0.812. The molecular formula is C12H17ClN2O2. The fourth-order valence-corrected chi connectivity index (χ4v) is 1.49. The van der Waals surface area contributed by atoms with Crippen molar-refractivity contribution in [2.75, 3.05) is 11.9 Å². The van der Waals surface area contributed by atoms with Crippen LogP contribution in [-0.2, 0) is 0 Å². The Kier molecular flexibility index (Phi) is 4.34. The first kappa shape index (κ1) is 13.8. The molecule has 0 aromatic carbocycles. The van der Waals surface area contributed by atoms with Crippen molar-refractivity contribution in [3.8, 4) is 0 Å². The summed E-state index contributed by atoms with van der Waals surface area (Å²) in [7, 11) is 0. The Hall–Kier alpha value is -1.29. The maximum Gasteiger partial charge on any atom is 0.335 e. The molecule has 0 saturated carbocycles. The lowest BCUT2D eigenvalue weighted by Crippen LogP contribution is -2.13. The van der Waals surface area contributed by atoms with Gasteiger partial charge in [0.15, 0.2) is 0 Å². The number of rotatable bonds is 4. The Morgan fingerprint density at radius 3 is 2.65 bits per heavy atom. The fourth-order valence-electron chi connectivity index (χ4n) is 1.28. The first-order valence-corrected chi connectivity index (χ1v) is 5.80. The van der Waals surface area contributed by atoms with E-state index in [0.717, 1.165) is 13.0 Å². The second kappa shape index (κ2) is 5.36. The van der Waals surface area contributed by atoms with E-state index < -0.39 is 5.97 Å². The predicted molar refractivity (Wildman–Crippen MR) is 68.8 cm³/mol. The Balaban J connectivity index is 2.68. The summed E-state index contributed by atoms with van der Waals surface area (Å²) >= 11 is 5.75. The van der Waals surface area contributed by atoms with Crippen LogP contribution in [0.3, 0.4) is 0 Å². The van der Waals surface area contributed by atoms with E-state index in [1.54, 1.807) is 0 Å². The van der Waals surface area contributed by atoms with E-state index in [0.29, 0.717) is 5.82 Å². The molecule has 0 aliphatic carbocycles. The van der Waals surface area contributed by atoms with Gasteiger partial charge in [-0.3, -0.25) is 0 Å². The minimum Gasteiger partial charge on any atom is -0.478 e. The van der Waals surface area contributed by atoms with Crippen LogP contribution in [0.5, 0.6) is 0 Å². The monoisotopic (exact) mass is 256 g/mol. The molecule has 0 bridgehead atoms. The summed E-state index contributed by atoms with van der Waals surface area (Å²) in [4.78, 5) is 14.9. The zero-order valence-corrected chi connectivity index (χ0v) is 11.0. The van der Waals surface area contributed by atoms with Gasteiger partial charge in [0.25, 0.3) is 0 Å². The molecule has 0 saturated heterocycles. The lowest BCUT2D eigenvalue weighted by molar-refractivity contribution is 0.0697. The number of nitrogens with zero attached hydrogens (tertiary/aromatic N) is 1. The molecule has 0 fully saturated rings. The number of carboxylic acid groups (broad SMARTS) is 1. The van der Waals surface area contributed by atoms with Crippen LogP contribution in [0.15, 0.2) is 12.1 Å². The standard InChI is InChI=1S/C12H17ClN2O2/c1-12(2,3)4-5-14-10-7-8(11(16)17)6-9(13)15-10/h6-7H,4-5H2,1-3H3,(H,14,15)(H,16,17). The summed E-state index contributed by atoms with van der Waals surface area (Å²) in [5.74, 6) is -0.507. The number of aromatic nitrogens is 1. The molecule has 5 heteroatoms. The normalized spacial score (nSPS) is 11.3. The number of pyridine rings is 1. The molecule has 0 radical (unpaired) electrons. The summed E-state index contributed by atoms with van der Waals surface area (Å²) in [5.41, 5.74) is 0.365. The van der Waals surface area contributed by atoms with Gasteiger partial charge in [0, 0.05) is 6.54 Å². The van der Waals surface area contributed by atoms with Crippen LogP contribution in [0.2, 0.25) is 5.15 Å². The molecule has 17 heavy (non-hydrogen) atoms. The second-order valence-electron chi connectivity index (χ2n) is 5.11. The largest absolute Gasteiger partial charge is 0.478 e. The molecule has 2 N–H and O–H groups in total. The molecule has 0 amide bonds. The van der Waals surface area contributed by atoms with E-state index in [4.69, 9.17) is 16.7 Å². The number of halogens is 1. The molecule has 1 aromatic rings. The molecule has 4 nitrogen and oxygen atoms in total. The van der Waals surface area contributed by atoms with Gasteiger partial charge < -0.3 is 10.4 Å². The smallest absolute Gasteiger partial charge is 0.335 e. The average molecular weight is 257 g/mol. The molecule has 0 aliphatic rings. The number of aromatic carboxylic acids is 1. The van der Waals surface area contributed by atoms with Crippen LogP contribution in [0.25, 0.3) is 0 Å². The molecule has 0 aliphatic heterocycles. The van der Waals surface area contributed by atoms with Crippen LogP contribution in [-0.4, -0.2) is 22.6 Å². The van der Waals surface area contributed by atoms with Gasteiger partial charge in [0.2, 0.25) is 0 Å². The number of carbonyl (C=O) groups is 1. The fraction of sp³-hybridized carbons (Fsp3) is 0.500. The van der Waals surface area contributed by atoms with Gasteiger partial charge in [-0.1, -0.05) is 32.4 Å². The molecule has 0 atom stereocenters. The van der Waals surface area contributed by atoms with Crippen molar-refractivity contribution >= 4 is 23.4 Å². The molecule has 0 spiro atoms. The van der Waals surface area contributed by atoms with Crippen molar-refractivity contribution in [3.05, 3.63) is 22.8 Å². The lowest BCUT2D eigenvalue weighted by Gasteiger charge is -2.18. The van der Waals surface area contributed by atoms with Gasteiger partial charge in [0.1, 0.15) is 11.0 Å². The van der Waals surface area contributed by atoms with Crippen molar-refractivity contribution in [1.29, 1.82) is 0 Å². The van der Waals surface area contributed by atoms with Crippen LogP contribution >= 0.6 is 11.6 Å². The SMILES string of the molecule is CC(C)(C)CCNc1cc(C(=O)O)cc(Cl)n1. The summed E-state index contributed by atoms with van der Waals surface area (Å²) < 4.78 is 0. The van der Waals surface area contributed by atoms with Crippen molar-refractivity contribution in [2.24, 2.45) is 5.41 Å². The molecule has 94 valence electrons. The van der Waals surface area contributed by atoms with Crippen LogP contribution in [0, 0.1) is 5.41 Å². The van der Waals surface area contributed by atoms with E-state index >= 15 is 0 Å². The molecular weight excluding hydrogens is 240 g/mol. The maximum absolute atomic E-state index is 10.8. The van der Waals surface area contributed by atoms with Crippen molar-refractivity contribution in [2.45, 2.75) is 27.2 Å². The first-order chi connectivity index (χ1) is 7.78. The Morgan fingerprint density at radius 1 is 1.47 bits per heavy atom. The van der Waals surface area contributed by atoms with Gasteiger partial charge in [0.05, 0.1) is 5.56 Å². The Morgan fingerprint density at radius 2 is 2.12 bits per heavy atom. The third-order valence-corrected chi connectivity index (χ3v) is 2.42. The van der Waals surface area contributed by atoms with Gasteiger partial charge in [-0.05, 0) is 24.0 Å². The van der Waals surface area contributed by atoms with Crippen LogP contribution < -0.4 is 5.32 Å². The highest BCUT2D eigenvalue weighted by Crippen LogP contribution is 2.19. The van der Waals surface area contributed by atoms with Gasteiger partial charge in [-0.2, -0.15) is 0 Å². The summed E-state index contributed by atoms with van der Waals surface area (Å²) in [6, 6.07) is 2.82. The van der Waals surface area contributed by atoms with E-state index in [-0.39, 0.29) is 16.1 Å². The molecule has 1 aromatic heterocycles. The molecule has 0 unspecified atom stereocenters. The van der Waals surface area contributed by atoms with Gasteiger partial charge in [-0.25, -0.2) is 9.78 Å². The minimum atomic E-state index is -1.01. The average Bonchev–Trinajstić information content (AvgIpc) is 2.14. The van der Waals surface area contributed by atoms with E-state index in [9.17, 15) is 4.79 Å². The number of carboxylic acids is 1. The Bertz CT molecular complexity index is 413. The zero-order valence-electron chi connectivity index (χ0n) is 10.2. The van der Waals surface area contributed by atoms with Gasteiger partial charge in [-0.15, -0.1) is 0 Å². The highest BCUT2D eigenvalue weighted by atomic mass is 35.5. The number of hydrogen-bond acceptors (Lipinski definition) is 3. The van der Waals surface area contributed by atoms with E-state index in [1.807, 2.05) is 0 Å². The van der Waals surface area contributed by atoms with Crippen molar-refractivity contribution in [3.63, 3.8) is 0 Å². The summed E-state index contributed by atoms with van der Waals surface area (Å²) in [6.45, 7) is 7.16. The first-order valence-electron chi connectivity index (χ1n) is 5.43. The van der Waals surface area contributed by atoms with Gasteiger partial charge >= 0.3 is 5.97 Å². The number of anilines is 1. The highest BCUT2D eigenvalue weighted by molar-refractivity contribution is 6.29. The highest BCUT2D eigenvalue weighted by Gasteiger charge is 2.11.